The fraction of sp³-hybridized carbons (Fsp3) is 0.167. The monoisotopic (exact) mass is 198 g/mol. The second-order valence-corrected chi connectivity index (χ2v) is 3.48. The number of hydrogen-bond donors (Lipinski definition) is 1. The van der Waals surface area contributed by atoms with Crippen molar-refractivity contribution < 1.29 is 0 Å². The van der Waals surface area contributed by atoms with Crippen molar-refractivity contribution in [1.29, 1.82) is 0 Å². The number of aryl methyl sites for hydroxylation is 1. The zero-order chi connectivity index (χ0) is 8.55. The second kappa shape index (κ2) is 2.87. The highest BCUT2D eigenvalue weighted by atomic mass is 32.1. The van der Waals surface area contributed by atoms with E-state index in [-0.39, 0.29) is 0 Å². The number of rotatable bonds is 1. The fourth-order valence-corrected chi connectivity index (χ4v) is 1.95. The predicted molar refractivity (Wildman–Crippen MR) is 49.0 cm³/mol. The van der Waals surface area contributed by atoms with Crippen molar-refractivity contribution in [3.63, 3.8) is 0 Å². The molecule has 0 fully saturated rings. The number of thiol groups is 1. The molecule has 4 nitrogen and oxygen atoms in total. The van der Waals surface area contributed by atoms with E-state index in [9.17, 15) is 0 Å². The van der Waals surface area contributed by atoms with Gasteiger partial charge in [-0.15, -0.1) is 34.2 Å². The number of nitrogens with zero attached hydrogens (tertiary/aromatic N) is 4. The van der Waals surface area contributed by atoms with Crippen LogP contribution >= 0.6 is 24.0 Å². The Balaban J connectivity index is 2.57. The van der Waals surface area contributed by atoms with Gasteiger partial charge in [0, 0.05) is 0 Å². The molecule has 2 heterocycles. The molecule has 0 unspecified atom stereocenters. The van der Waals surface area contributed by atoms with Crippen molar-refractivity contribution in [2.45, 2.75) is 12.1 Å². The van der Waals surface area contributed by atoms with Gasteiger partial charge in [0.1, 0.15) is 11.3 Å². The van der Waals surface area contributed by atoms with E-state index in [1.165, 1.54) is 0 Å². The first-order chi connectivity index (χ1) is 5.79. The average Bonchev–Trinajstić information content (AvgIpc) is 2.59. The first-order valence-corrected chi connectivity index (χ1v) is 4.61. The minimum atomic E-state index is 0.586. The summed E-state index contributed by atoms with van der Waals surface area (Å²) in [4.78, 5) is 4.12. The highest BCUT2D eigenvalue weighted by Crippen LogP contribution is 2.19. The molecule has 62 valence electrons. The van der Waals surface area contributed by atoms with Gasteiger partial charge in [-0.25, -0.2) is 4.98 Å². The Labute approximate surface area is 78.7 Å². The molecule has 0 atom stereocenters. The maximum Gasteiger partial charge on any atom is 0.193 e. The van der Waals surface area contributed by atoms with Crippen LogP contribution in [-0.4, -0.2) is 19.7 Å². The van der Waals surface area contributed by atoms with Gasteiger partial charge in [-0.1, -0.05) is 0 Å². The van der Waals surface area contributed by atoms with Gasteiger partial charge in [-0.05, 0) is 6.92 Å². The molecule has 0 amide bonds. The molecule has 0 spiro atoms. The van der Waals surface area contributed by atoms with Crippen molar-refractivity contribution in [3.8, 4) is 5.00 Å². The van der Waals surface area contributed by atoms with E-state index in [0.29, 0.717) is 5.16 Å². The third-order valence-corrected chi connectivity index (χ3v) is 2.70. The van der Waals surface area contributed by atoms with Gasteiger partial charge in [-0.3, -0.25) is 4.57 Å². The number of hydrogen-bond acceptors (Lipinski definition) is 5. The van der Waals surface area contributed by atoms with E-state index < -0.39 is 0 Å². The van der Waals surface area contributed by atoms with Gasteiger partial charge in [-0.2, -0.15) is 0 Å². The van der Waals surface area contributed by atoms with Crippen LogP contribution in [0.1, 0.15) is 5.69 Å². The Morgan fingerprint density at radius 1 is 1.58 bits per heavy atom. The number of aromatic nitrogens is 4. The van der Waals surface area contributed by atoms with E-state index >= 15 is 0 Å². The highest BCUT2D eigenvalue weighted by Gasteiger charge is 2.06. The van der Waals surface area contributed by atoms with Crippen LogP contribution in [0, 0.1) is 6.92 Å². The summed E-state index contributed by atoms with van der Waals surface area (Å²) in [6.07, 6.45) is 1.63. The molecule has 0 radical (unpaired) electrons. The minimum absolute atomic E-state index is 0.586. The molecule has 6 heteroatoms. The lowest BCUT2D eigenvalue weighted by Crippen LogP contribution is -1.91. The molecule has 0 saturated heterocycles. The average molecular weight is 198 g/mol. The molecule has 0 bridgehead atoms. The summed E-state index contributed by atoms with van der Waals surface area (Å²) in [6, 6.07) is 0. The lowest BCUT2D eigenvalue weighted by molar-refractivity contribution is 0.893. The van der Waals surface area contributed by atoms with Crippen molar-refractivity contribution >= 4 is 24.0 Å². The summed E-state index contributed by atoms with van der Waals surface area (Å²) in [7, 11) is 0. The largest absolute Gasteiger partial charge is 0.266 e. The quantitative estimate of drug-likeness (QED) is 0.703. The van der Waals surface area contributed by atoms with Gasteiger partial charge in [0.25, 0.3) is 0 Å². The fourth-order valence-electron chi connectivity index (χ4n) is 0.899. The molecule has 2 aromatic heterocycles. The van der Waals surface area contributed by atoms with E-state index in [4.69, 9.17) is 0 Å². The number of thiazole rings is 1. The van der Waals surface area contributed by atoms with Crippen LogP contribution < -0.4 is 0 Å². The lowest BCUT2D eigenvalue weighted by atomic mass is 10.5. The molecule has 0 N–H and O–H groups in total. The maximum absolute atomic E-state index is 4.15. The molecule has 0 aliphatic carbocycles. The van der Waals surface area contributed by atoms with Gasteiger partial charge < -0.3 is 0 Å². The van der Waals surface area contributed by atoms with Crippen molar-refractivity contribution in [2.24, 2.45) is 0 Å². The molecule has 0 aromatic carbocycles. The van der Waals surface area contributed by atoms with Gasteiger partial charge in [0.15, 0.2) is 5.16 Å². The molecule has 12 heavy (non-hydrogen) atoms. The lowest BCUT2D eigenvalue weighted by Gasteiger charge is -1.97. The maximum atomic E-state index is 4.15. The second-order valence-electron chi connectivity index (χ2n) is 2.24. The molecule has 2 rings (SSSR count). The summed E-state index contributed by atoms with van der Waals surface area (Å²) in [5, 5.41) is 9.11. The van der Waals surface area contributed by atoms with E-state index in [2.05, 4.69) is 27.8 Å². The van der Waals surface area contributed by atoms with E-state index in [1.807, 2.05) is 6.92 Å². The topological polar surface area (TPSA) is 43.6 Å². The minimum Gasteiger partial charge on any atom is -0.266 e. The zero-order valence-corrected chi connectivity index (χ0v) is 8.01. The van der Waals surface area contributed by atoms with E-state index in [1.54, 1.807) is 27.7 Å². The summed E-state index contributed by atoms with van der Waals surface area (Å²) in [5.41, 5.74) is 2.76. The standard InChI is InChI=1S/C6H6N4S2/c1-4-5(12-3-7-4)10-2-8-9-6(10)11/h2-3H,1H3,(H,9,11). The zero-order valence-electron chi connectivity index (χ0n) is 6.30. The Morgan fingerprint density at radius 3 is 2.92 bits per heavy atom. The third kappa shape index (κ3) is 1.12. The molecular weight excluding hydrogens is 192 g/mol. The van der Waals surface area contributed by atoms with Gasteiger partial charge >= 0.3 is 0 Å². The Hall–Kier alpha value is -0.880. The molecule has 0 saturated carbocycles. The molecule has 2 aromatic rings. The normalized spacial score (nSPS) is 10.5. The Bertz CT molecular complexity index is 353. The molecule has 0 aliphatic heterocycles. The van der Waals surface area contributed by atoms with Crippen LogP contribution in [0.4, 0.5) is 0 Å². The van der Waals surface area contributed by atoms with Gasteiger partial charge in [0.2, 0.25) is 0 Å². The van der Waals surface area contributed by atoms with Gasteiger partial charge in [0.05, 0.1) is 11.2 Å². The van der Waals surface area contributed by atoms with Crippen LogP contribution in [0.2, 0.25) is 0 Å². The molecule has 0 aliphatic rings. The Kier molecular flexibility index (Phi) is 1.86. The van der Waals surface area contributed by atoms with Crippen LogP contribution in [0.5, 0.6) is 0 Å². The SMILES string of the molecule is Cc1ncsc1-n1cnnc1S. The highest BCUT2D eigenvalue weighted by molar-refractivity contribution is 7.80. The van der Waals surface area contributed by atoms with Crippen LogP contribution in [0.15, 0.2) is 17.0 Å². The smallest absolute Gasteiger partial charge is 0.193 e. The van der Waals surface area contributed by atoms with Crippen molar-refractivity contribution in [3.05, 3.63) is 17.5 Å². The summed E-state index contributed by atoms with van der Waals surface area (Å²) >= 11 is 5.70. The first kappa shape index (κ1) is 7.75. The van der Waals surface area contributed by atoms with Crippen LogP contribution in [0.3, 0.4) is 0 Å². The summed E-state index contributed by atoms with van der Waals surface area (Å²) < 4.78 is 1.80. The summed E-state index contributed by atoms with van der Waals surface area (Å²) in [6.45, 7) is 1.94. The van der Waals surface area contributed by atoms with Crippen LogP contribution in [0.25, 0.3) is 5.00 Å². The first-order valence-electron chi connectivity index (χ1n) is 3.28. The Morgan fingerprint density at radius 2 is 2.42 bits per heavy atom. The van der Waals surface area contributed by atoms with Crippen LogP contribution in [-0.2, 0) is 0 Å². The van der Waals surface area contributed by atoms with E-state index in [0.717, 1.165) is 10.7 Å². The third-order valence-electron chi connectivity index (χ3n) is 1.47. The molecular formula is C6H6N4S2. The van der Waals surface area contributed by atoms with Crippen molar-refractivity contribution in [2.75, 3.05) is 0 Å². The summed E-state index contributed by atoms with van der Waals surface area (Å²) in [5.74, 6) is 0. The van der Waals surface area contributed by atoms with Crippen molar-refractivity contribution in [1.82, 2.24) is 19.7 Å². The predicted octanol–water partition coefficient (Wildman–Crippen LogP) is 1.32.